The van der Waals surface area contributed by atoms with Crippen LogP contribution < -0.4 is 9.47 Å². The van der Waals surface area contributed by atoms with Crippen LogP contribution in [0.3, 0.4) is 0 Å². The van der Waals surface area contributed by atoms with Gasteiger partial charge in [0.2, 0.25) is 5.88 Å². The molecule has 0 bridgehead atoms. The molecule has 0 aliphatic carbocycles. The highest BCUT2D eigenvalue weighted by Gasteiger charge is 2.09. The number of nitrogens with zero attached hydrogens (tertiary/aromatic N) is 3. The van der Waals surface area contributed by atoms with E-state index in [0.717, 1.165) is 33.8 Å². The van der Waals surface area contributed by atoms with Crippen molar-refractivity contribution >= 4 is 5.65 Å². The highest BCUT2D eigenvalue weighted by Crippen LogP contribution is 2.27. The third-order valence-electron chi connectivity index (χ3n) is 4.45. The highest BCUT2D eigenvalue weighted by atomic mass is 16.5. The molecule has 0 saturated carbocycles. The molecule has 0 amide bonds. The Kier molecular flexibility index (Phi) is 5.21. The van der Waals surface area contributed by atoms with Crippen molar-refractivity contribution in [3.05, 3.63) is 67.1 Å². The van der Waals surface area contributed by atoms with E-state index < -0.39 is 0 Å². The lowest BCUT2D eigenvalue weighted by molar-refractivity contribution is 0.232. The monoisotopic (exact) mass is 387 g/mol. The average molecular weight is 387 g/mol. The van der Waals surface area contributed by atoms with Crippen molar-refractivity contribution in [1.82, 2.24) is 14.4 Å². The fourth-order valence-corrected chi connectivity index (χ4v) is 3.20. The molecule has 4 rings (SSSR count). The summed E-state index contributed by atoms with van der Waals surface area (Å²) in [5.74, 6) is 1.50. The molecular formula is C24H25N3O2. The molecule has 0 fully saturated rings. The van der Waals surface area contributed by atoms with Gasteiger partial charge in [0, 0.05) is 35.2 Å². The summed E-state index contributed by atoms with van der Waals surface area (Å²) in [5.41, 5.74) is 5.12. The first kappa shape index (κ1) is 19.0. The molecule has 0 radical (unpaired) electrons. The summed E-state index contributed by atoms with van der Waals surface area (Å²) < 4.78 is 13.5. The molecule has 5 heteroatoms. The van der Waals surface area contributed by atoms with Crippen molar-refractivity contribution in [2.24, 2.45) is 0 Å². The number of aromatic nitrogens is 3. The second-order valence-corrected chi connectivity index (χ2v) is 7.53. The normalized spacial score (nSPS) is 11.4. The van der Waals surface area contributed by atoms with Gasteiger partial charge in [-0.1, -0.05) is 0 Å². The summed E-state index contributed by atoms with van der Waals surface area (Å²) in [6, 6.07) is 16.1. The fourth-order valence-electron chi connectivity index (χ4n) is 3.20. The number of benzene rings is 1. The van der Waals surface area contributed by atoms with Crippen LogP contribution in [0.5, 0.6) is 11.6 Å². The number of hydrogen-bond acceptors (Lipinski definition) is 4. The number of rotatable bonds is 6. The van der Waals surface area contributed by atoms with Gasteiger partial charge in [-0.3, -0.25) is 4.40 Å². The minimum absolute atomic E-state index is 0.107. The third-order valence-corrected chi connectivity index (χ3v) is 4.45. The first-order valence-corrected chi connectivity index (χ1v) is 9.87. The van der Waals surface area contributed by atoms with Gasteiger partial charge in [0.25, 0.3) is 0 Å². The first-order chi connectivity index (χ1) is 14.0. The van der Waals surface area contributed by atoms with Crippen LogP contribution in [0.15, 0.2) is 67.1 Å². The molecule has 4 aromatic rings. The minimum atomic E-state index is 0.107. The van der Waals surface area contributed by atoms with Crippen LogP contribution in [0.1, 0.15) is 27.7 Å². The lowest BCUT2D eigenvalue weighted by Gasteiger charge is -2.11. The predicted molar refractivity (Wildman–Crippen MR) is 115 cm³/mol. The molecule has 1 aromatic carbocycles. The SMILES string of the molecule is CC(C)Oc1ccc(-c2cnc3ccc(-c4ccc(OC(C)C)nc4)cn23)cc1. The van der Waals surface area contributed by atoms with Gasteiger partial charge in [0.15, 0.2) is 0 Å². The van der Waals surface area contributed by atoms with E-state index in [4.69, 9.17) is 9.47 Å². The Labute approximate surface area is 171 Å². The van der Waals surface area contributed by atoms with Crippen molar-refractivity contribution < 1.29 is 9.47 Å². The van der Waals surface area contributed by atoms with Crippen molar-refractivity contribution in [3.8, 4) is 34.0 Å². The van der Waals surface area contributed by atoms with Gasteiger partial charge < -0.3 is 9.47 Å². The molecule has 0 N–H and O–H groups in total. The average Bonchev–Trinajstić information content (AvgIpc) is 3.11. The third kappa shape index (κ3) is 4.24. The lowest BCUT2D eigenvalue weighted by atomic mass is 10.1. The molecule has 0 atom stereocenters. The van der Waals surface area contributed by atoms with Crippen LogP contribution >= 0.6 is 0 Å². The van der Waals surface area contributed by atoms with Gasteiger partial charge in [0.05, 0.1) is 24.1 Å². The molecule has 0 aliphatic rings. The van der Waals surface area contributed by atoms with E-state index in [0.29, 0.717) is 5.88 Å². The van der Waals surface area contributed by atoms with Gasteiger partial charge in [-0.15, -0.1) is 0 Å². The van der Waals surface area contributed by atoms with Gasteiger partial charge in [-0.25, -0.2) is 9.97 Å². The molecule has 0 saturated heterocycles. The van der Waals surface area contributed by atoms with Crippen LogP contribution in [-0.2, 0) is 0 Å². The molecule has 0 aliphatic heterocycles. The van der Waals surface area contributed by atoms with E-state index in [1.54, 1.807) is 0 Å². The second-order valence-electron chi connectivity index (χ2n) is 7.53. The Morgan fingerprint density at radius 2 is 1.38 bits per heavy atom. The molecular weight excluding hydrogens is 362 g/mol. The molecule has 29 heavy (non-hydrogen) atoms. The minimum Gasteiger partial charge on any atom is -0.491 e. The number of fused-ring (bicyclic) bond motifs is 1. The van der Waals surface area contributed by atoms with Gasteiger partial charge >= 0.3 is 0 Å². The van der Waals surface area contributed by atoms with Crippen molar-refractivity contribution in [2.75, 3.05) is 0 Å². The standard InChI is InChI=1S/C24H25N3O2/c1-16(2)28-21-9-5-18(6-10-21)22-14-25-23-11-7-20(15-27(22)23)19-8-12-24(26-13-19)29-17(3)4/h5-17H,1-4H3. The largest absolute Gasteiger partial charge is 0.491 e. The number of imidazole rings is 1. The summed E-state index contributed by atoms with van der Waals surface area (Å²) >= 11 is 0. The Bertz CT molecular complexity index is 1100. The van der Waals surface area contributed by atoms with Crippen LogP contribution in [0.4, 0.5) is 0 Å². The zero-order valence-corrected chi connectivity index (χ0v) is 17.2. The highest BCUT2D eigenvalue weighted by molar-refractivity contribution is 5.69. The topological polar surface area (TPSA) is 48.7 Å². The zero-order chi connectivity index (χ0) is 20.4. The fraction of sp³-hybridized carbons (Fsp3) is 0.250. The zero-order valence-electron chi connectivity index (χ0n) is 17.2. The Balaban J connectivity index is 1.66. The quantitative estimate of drug-likeness (QED) is 0.430. The van der Waals surface area contributed by atoms with E-state index in [2.05, 4.69) is 38.8 Å². The van der Waals surface area contributed by atoms with E-state index >= 15 is 0 Å². The molecule has 0 unspecified atom stereocenters. The smallest absolute Gasteiger partial charge is 0.213 e. The van der Waals surface area contributed by atoms with Gasteiger partial charge in [0.1, 0.15) is 11.4 Å². The maximum atomic E-state index is 5.74. The summed E-state index contributed by atoms with van der Waals surface area (Å²) in [6.07, 6.45) is 6.10. The maximum absolute atomic E-state index is 5.74. The van der Waals surface area contributed by atoms with E-state index in [1.165, 1.54) is 0 Å². The molecule has 3 aromatic heterocycles. The van der Waals surface area contributed by atoms with Crippen LogP contribution in [0.25, 0.3) is 28.0 Å². The van der Waals surface area contributed by atoms with Gasteiger partial charge in [-0.2, -0.15) is 0 Å². The number of pyridine rings is 2. The Morgan fingerprint density at radius 1 is 0.690 bits per heavy atom. The van der Waals surface area contributed by atoms with Crippen LogP contribution in [-0.4, -0.2) is 26.6 Å². The van der Waals surface area contributed by atoms with Crippen LogP contribution in [0.2, 0.25) is 0 Å². The molecule has 0 spiro atoms. The predicted octanol–water partition coefficient (Wildman–Crippen LogP) is 5.64. The molecule has 148 valence electrons. The summed E-state index contributed by atoms with van der Waals surface area (Å²) in [7, 11) is 0. The summed E-state index contributed by atoms with van der Waals surface area (Å²) in [6.45, 7) is 8.03. The maximum Gasteiger partial charge on any atom is 0.213 e. The Hall–Kier alpha value is -3.34. The van der Waals surface area contributed by atoms with Gasteiger partial charge in [-0.05, 0) is 70.2 Å². The lowest BCUT2D eigenvalue weighted by Crippen LogP contribution is -2.06. The molecule has 3 heterocycles. The number of ether oxygens (including phenoxy) is 2. The van der Waals surface area contributed by atoms with Crippen molar-refractivity contribution in [1.29, 1.82) is 0 Å². The molecule has 5 nitrogen and oxygen atoms in total. The summed E-state index contributed by atoms with van der Waals surface area (Å²) in [5, 5.41) is 0. The summed E-state index contributed by atoms with van der Waals surface area (Å²) in [4.78, 5) is 8.96. The van der Waals surface area contributed by atoms with E-state index in [9.17, 15) is 0 Å². The second kappa shape index (κ2) is 7.95. The Morgan fingerprint density at radius 3 is 2.03 bits per heavy atom. The van der Waals surface area contributed by atoms with E-state index in [-0.39, 0.29) is 12.2 Å². The first-order valence-electron chi connectivity index (χ1n) is 9.87. The van der Waals surface area contributed by atoms with Crippen molar-refractivity contribution in [2.45, 2.75) is 39.9 Å². The van der Waals surface area contributed by atoms with Crippen LogP contribution in [0, 0.1) is 0 Å². The number of hydrogen-bond donors (Lipinski definition) is 0. The van der Waals surface area contributed by atoms with Crippen molar-refractivity contribution in [3.63, 3.8) is 0 Å². The van der Waals surface area contributed by atoms with E-state index in [1.807, 2.05) is 70.4 Å².